The molecule has 0 atom stereocenters. The highest BCUT2D eigenvalue weighted by molar-refractivity contribution is 5.92. The second kappa shape index (κ2) is 8.62. The molecule has 0 radical (unpaired) electrons. The molecule has 5 rings (SSSR count). The van der Waals surface area contributed by atoms with Gasteiger partial charge in [0, 0.05) is 30.9 Å². The number of nitrogens with zero attached hydrogens (tertiary/aromatic N) is 3. The molecule has 164 valence electrons. The summed E-state index contributed by atoms with van der Waals surface area (Å²) in [5.41, 5.74) is 8.79. The lowest BCUT2D eigenvalue weighted by Gasteiger charge is -2.50. The molecule has 0 unspecified atom stereocenters. The van der Waals surface area contributed by atoms with Gasteiger partial charge >= 0.3 is 0 Å². The third kappa shape index (κ3) is 4.47. The summed E-state index contributed by atoms with van der Waals surface area (Å²) < 4.78 is 0. The van der Waals surface area contributed by atoms with Crippen LogP contribution in [-0.2, 0) is 6.42 Å². The fourth-order valence-electron chi connectivity index (χ4n) is 5.56. The number of piperidine rings is 2. The monoisotopic (exact) mass is 418 g/mol. The quantitative estimate of drug-likeness (QED) is 0.797. The van der Waals surface area contributed by atoms with E-state index in [2.05, 4.69) is 21.9 Å². The molecule has 1 aliphatic carbocycles. The Morgan fingerprint density at radius 1 is 0.935 bits per heavy atom. The van der Waals surface area contributed by atoms with Crippen molar-refractivity contribution in [3.05, 3.63) is 59.3 Å². The lowest BCUT2D eigenvalue weighted by molar-refractivity contribution is 0.0305. The summed E-state index contributed by atoms with van der Waals surface area (Å²) in [6.07, 6.45) is 12.5. The van der Waals surface area contributed by atoms with Gasteiger partial charge in [-0.25, -0.2) is 4.98 Å². The zero-order valence-electron chi connectivity index (χ0n) is 18.4. The Morgan fingerprint density at radius 2 is 1.58 bits per heavy atom. The van der Waals surface area contributed by atoms with E-state index >= 15 is 0 Å². The first-order valence-electron chi connectivity index (χ1n) is 11.9. The van der Waals surface area contributed by atoms with Crippen LogP contribution < -0.4 is 10.6 Å². The van der Waals surface area contributed by atoms with Gasteiger partial charge in [0.15, 0.2) is 0 Å². The molecule has 1 saturated carbocycles. The molecule has 2 aromatic rings. The van der Waals surface area contributed by atoms with Gasteiger partial charge < -0.3 is 15.5 Å². The smallest absolute Gasteiger partial charge is 0.248 e. The molecule has 1 aromatic heterocycles. The highest BCUT2D eigenvalue weighted by Gasteiger charge is 2.39. The van der Waals surface area contributed by atoms with Crippen LogP contribution in [0.15, 0.2) is 42.6 Å². The van der Waals surface area contributed by atoms with Gasteiger partial charge in [-0.05, 0) is 92.8 Å². The first-order chi connectivity index (χ1) is 15.1. The Balaban J connectivity index is 1.13. The van der Waals surface area contributed by atoms with E-state index in [1.807, 2.05) is 18.3 Å². The summed E-state index contributed by atoms with van der Waals surface area (Å²) in [5.74, 6) is 0.722. The predicted octanol–water partition coefficient (Wildman–Crippen LogP) is 4.01. The topological polar surface area (TPSA) is 62.5 Å². The first kappa shape index (κ1) is 20.5. The van der Waals surface area contributed by atoms with Crippen LogP contribution >= 0.6 is 0 Å². The number of hydrogen-bond acceptors (Lipinski definition) is 4. The van der Waals surface area contributed by atoms with Gasteiger partial charge in [0.25, 0.3) is 0 Å². The summed E-state index contributed by atoms with van der Waals surface area (Å²) in [7, 11) is 0. The highest BCUT2D eigenvalue weighted by Crippen LogP contribution is 2.43. The average molecular weight is 419 g/mol. The van der Waals surface area contributed by atoms with Crippen LogP contribution in [0.5, 0.6) is 0 Å². The molecule has 5 nitrogen and oxygen atoms in total. The Labute approximate surface area is 185 Å². The Kier molecular flexibility index (Phi) is 5.70. The summed E-state index contributed by atoms with van der Waals surface area (Å²) in [6.45, 7) is 4.89. The third-order valence-electron chi connectivity index (χ3n) is 8.05. The van der Waals surface area contributed by atoms with E-state index in [-0.39, 0.29) is 5.91 Å². The van der Waals surface area contributed by atoms with E-state index in [9.17, 15) is 4.79 Å². The SMILES string of the molecule is NC(=O)c1ccc(Cc2ccc(N3CCC4(CC3)CCN(C3CCC3)CC4)nc2)cc1. The average Bonchev–Trinajstić information content (AvgIpc) is 2.76. The van der Waals surface area contributed by atoms with E-state index < -0.39 is 0 Å². The van der Waals surface area contributed by atoms with Crippen molar-refractivity contribution in [1.29, 1.82) is 0 Å². The van der Waals surface area contributed by atoms with E-state index in [1.54, 1.807) is 12.1 Å². The molecule has 5 heteroatoms. The number of pyridine rings is 1. The van der Waals surface area contributed by atoms with E-state index in [0.29, 0.717) is 11.0 Å². The van der Waals surface area contributed by atoms with Crippen LogP contribution in [0.2, 0.25) is 0 Å². The molecule has 2 saturated heterocycles. The number of nitrogens with two attached hydrogens (primary N) is 1. The Hall–Kier alpha value is -2.40. The maximum absolute atomic E-state index is 11.2. The number of benzene rings is 1. The van der Waals surface area contributed by atoms with Gasteiger partial charge in [-0.1, -0.05) is 24.6 Å². The minimum atomic E-state index is -0.384. The van der Waals surface area contributed by atoms with Gasteiger partial charge in [-0.3, -0.25) is 4.79 Å². The van der Waals surface area contributed by atoms with Gasteiger partial charge in [-0.2, -0.15) is 0 Å². The number of rotatable bonds is 5. The van der Waals surface area contributed by atoms with Crippen molar-refractivity contribution in [2.75, 3.05) is 31.1 Å². The molecule has 3 aliphatic rings. The lowest BCUT2D eigenvalue weighted by Crippen LogP contribution is -2.51. The normalized spacial score (nSPS) is 21.7. The number of amides is 1. The lowest BCUT2D eigenvalue weighted by atomic mass is 9.70. The van der Waals surface area contributed by atoms with Gasteiger partial charge in [0.2, 0.25) is 5.91 Å². The predicted molar refractivity (Wildman–Crippen MR) is 124 cm³/mol. The second-order valence-corrected chi connectivity index (χ2v) is 9.87. The molecule has 31 heavy (non-hydrogen) atoms. The molecule has 2 aliphatic heterocycles. The Morgan fingerprint density at radius 3 is 2.13 bits per heavy atom. The van der Waals surface area contributed by atoms with Crippen LogP contribution in [0.25, 0.3) is 0 Å². The minimum Gasteiger partial charge on any atom is -0.366 e. The van der Waals surface area contributed by atoms with E-state index in [0.717, 1.165) is 36.9 Å². The number of aromatic nitrogens is 1. The van der Waals surface area contributed by atoms with Crippen molar-refractivity contribution < 1.29 is 4.79 Å². The van der Waals surface area contributed by atoms with Crippen LogP contribution in [0, 0.1) is 5.41 Å². The van der Waals surface area contributed by atoms with Gasteiger partial charge in [-0.15, -0.1) is 0 Å². The summed E-state index contributed by atoms with van der Waals surface area (Å²) >= 11 is 0. The number of carbonyl (C=O) groups is 1. The fourth-order valence-corrected chi connectivity index (χ4v) is 5.56. The van der Waals surface area contributed by atoms with Crippen LogP contribution in [-0.4, -0.2) is 48.0 Å². The maximum Gasteiger partial charge on any atom is 0.248 e. The highest BCUT2D eigenvalue weighted by atomic mass is 16.1. The fraction of sp³-hybridized carbons (Fsp3) is 0.538. The molecule has 0 bridgehead atoms. The van der Waals surface area contributed by atoms with Gasteiger partial charge in [0.1, 0.15) is 5.82 Å². The van der Waals surface area contributed by atoms with Crippen molar-refractivity contribution in [1.82, 2.24) is 9.88 Å². The number of hydrogen-bond donors (Lipinski definition) is 1. The number of anilines is 1. The largest absolute Gasteiger partial charge is 0.366 e. The van der Waals surface area contributed by atoms with Crippen molar-refractivity contribution >= 4 is 11.7 Å². The van der Waals surface area contributed by atoms with E-state index in [4.69, 9.17) is 10.7 Å². The zero-order chi connectivity index (χ0) is 21.3. The molecule has 3 fully saturated rings. The van der Waals surface area contributed by atoms with Crippen molar-refractivity contribution in [2.45, 2.75) is 57.4 Å². The minimum absolute atomic E-state index is 0.384. The molecular weight excluding hydrogens is 384 g/mol. The van der Waals surface area contributed by atoms with Gasteiger partial charge in [0.05, 0.1) is 0 Å². The third-order valence-corrected chi connectivity index (χ3v) is 8.05. The molecular formula is C26H34N4O. The molecule has 1 aromatic carbocycles. The first-order valence-corrected chi connectivity index (χ1v) is 11.9. The molecule has 1 spiro atoms. The van der Waals surface area contributed by atoms with Crippen molar-refractivity contribution in [2.24, 2.45) is 11.1 Å². The molecule has 3 heterocycles. The van der Waals surface area contributed by atoms with Crippen molar-refractivity contribution in [3.8, 4) is 0 Å². The van der Waals surface area contributed by atoms with E-state index in [1.165, 1.54) is 63.6 Å². The summed E-state index contributed by atoms with van der Waals surface area (Å²) in [6, 6.07) is 12.8. The number of primary amides is 1. The van der Waals surface area contributed by atoms with Crippen LogP contribution in [0.1, 0.15) is 66.4 Å². The van der Waals surface area contributed by atoms with Crippen molar-refractivity contribution in [3.63, 3.8) is 0 Å². The molecule has 2 N–H and O–H groups in total. The summed E-state index contributed by atoms with van der Waals surface area (Å²) in [5, 5.41) is 0. The number of likely N-dealkylation sites (tertiary alicyclic amines) is 1. The Bertz CT molecular complexity index is 886. The maximum atomic E-state index is 11.2. The second-order valence-electron chi connectivity index (χ2n) is 9.87. The summed E-state index contributed by atoms with van der Waals surface area (Å²) in [4.78, 5) is 21.2. The standard InChI is InChI=1S/C26H34N4O/c27-25(31)22-7-4-20(5-8-22)18-21-6-9-24(28-19-21)30-16-12-26(13-17-30)10-14-29(15-11-26)23-2-1-3-23/h4-9,19,23H,1-3,10-18H2,(H2,27,31). The number of carbonyl (C=O) groups excluding carboxylic acids is 1. The van der Waals surface area contributed by atoms with Crippen LogP contribution in [0.3, 0.4) is 0 Å². The zero-order valence-corrected chi connectivity index (χ0v) is 18.4. The van der Waals surface area contributed by atoms with Crippen LogP contribution in [0.4, 0.5) is 5.82 Å². The molecule has 1 amide bonds.